The summed E-state index contributed by atoms with van der Waals surface area (Å²) in [5.41, 5.74) is -1.18. The summed E-state index contributed by atoms with van der Waals surface area (Å²) >= 11 is 1.15. The summed E-state index contributed by atoms with van der Waals surface area (Å²) in [6, 6.07) is 0. The fraction of sp³-hybridized carbons (Fsp3) is 0.667. The van der Waals surface area contributed by atoms with Crippen LogP contribution in [0.5, 0.6) is 0 Å². The van der Waals surface area contributed by atoms with E-state index in [2.05, 4.69) is 0 Å². The molecule has 0 saturated heterocycles. The Balaban J connectivity index is 2.20. The summed E-state index contributed by atoms with van der Waals surface area (Å²) < 4.78 is 75.8. The third-order valence-electron chi connectivity index (χ3n) is 3.20. The van der Waals surface area contributed by atoms with Crippen molar-refractivity contribution >= 4 is 11.8 Å². The molecule has 108 valence electrons. The molecule has 0 aromatic rings. The monoisotopic (exact) mass is 302 g/mol. The molecule has 2 aliphatic rings. The quantitative estimate of drug-likeness (QED) is 0.641. The third kappa shape index (κ3) is 3.70. The molecule has 3 unspecified atom stereocenters. The van der Waals surface area contributed by atoms with Gasteiger partial charge < -0.3 is 0 Å². The zero-order chi connectivity index (χ0) is 14.4. The SMILES string of the molecule is CC1CC1SC1=CC(C(F)(F)F)=CC(C(F)(F)F)C1. The molecule has 0 N–H and O–H groups in total. The molecular weight excluding hydrogens is 290 g/mol. The first kappa shape index (κ1) is 14.8. The predicted molar refractivity (Wildman–Crippen MR) is 61.5 cm³/mol. The Morgan fingerprint density at radius 1 is 1.16 bits per heavy atom. The van der Waals surface area contributed by atoms with Gasteiger partial charge in [-0.3, -0.25) is 0 Å². The maximum atomic E-state index is 12.7. The summed E-state index contributed by atoms with van der Waals surface area (Å²) in [7, 11) is 0. The zero-order valence-corrected chi connectivity index (χ0v) is 10.8. The lowest BCUT2D eigenvalue weighted by molar-refractivity contribution is -0.162. The van der Waals surface area contributed by atoms with Gasteiger partial charge in [-0.1, -0.05) is 13.0 Å². The number of alkyl halides is 6. The third-order valence-corrected chi connectivity index (χ3v) is 4.75. The molecule has 3 atom stereocenters. The first-order chi connectivity index (χ1) is 8.57. The number of rotatable bonds is 2. The minimum Gasteiger partial charge on any atom is -0.170 e. The van der Waals surface area contributed by atoms with Crippen LogP contribution in [-0.4, -0.2) is 17.6 Å². The van der Waals surface area contributed by atoms with Crippen LogP contribution in [0.2, 0.25) is 0 Å². The van der Waals surface area contributed by atoms with Gasteiger partial charge in [0.05, 0.1) is 11.5 Å². The van der Waals surface area contributed by atoms with E-state index in [-0.39, 0.29) is 16.6 Å². The van der Waals surface area contributed by atoms with E-state index in [0.29, 0.717) is 12.0 Å². The molecular formula is C12H12F6S. The first-order valence-corrected chi connectivity index (χ1v) is 6.68. The molecule has 0 nitrogen and oxygen atoms in total. The highest BCUT2D eigenvalue weighted by atomic mass is 32.2. The maximum Gasteiger partial charge on any atom is 0.416 e. The Hall–Kier alpha value is -0.590. The van der Waals surface area contributed by atoms with Crippen molar-refractivity contribution in [1.29, 1.82) is 0 Å². The second kappa shape index (κ2) is 4.75. The average molecular weight is 302 g/mol. The molecule has 0 aromatic heterocycles. The fourth-order valence-corrected chi connectivity index (χ4v) is 3.38. The van der Waals surface area contributed by atoms with E-state index in [1.54, 1.807) is 0 Å². The molecule has 19 heavy (non-hydrogen) atoms. The number of hydrogen-bond donors (Lipinski definition) is 0. The lowest BCUT2D eigenvalue weighted by Crippen LogP contribution is -2.26. The number of hydrogen-bond acceptors (Lipinski definition) is 1. The molecule has 0 bridgehead atoms. The summed E-state index contributed by atoms with van der Waals surface area (Å²) in [5, 5.41) is 0.160. The van der Waals surface area contributed by atoms with Gasteiger partial charge in [0.1, 0.15) is 0 Å². The van der Waals surface area contributed by atoms with Crippen molar-refractivity contribution in [2.24, 2.45) is 11.8 Å². The average Bonchev–Trinajstić information content (AvgIpc) is 2.91. The van der Waals surface area contributed by atoms with Gasteiger partial charge >= 0.3 is 12.4 Å². The second-order valence-corrected chi connectivity index (χ2v) is 6.32. The zero-order valence-electron chi connectivity index (χ0n) is 9.98. The Bertz CT molecular complexity index is 417. The van der Waals surface area contributed by atoms with Crippen LogP contribution in [0.15, 0.2) is 22.6 Å². The number of thioether (sulfide) groups is 1. The molecule has 0 radical (unpaired) electrons. The molecule has 0 amide bonds. The minimum absolute atomic E-state index is 0.160. The lowest BCUT2D eigenvalue weighted by Gasteiger charge is -2.24. The van der Waals surface area contributed by atoms with Gasteiger partial charge in [0, 0.05) is 5.25 Å². The van der Waals surface area contributed by atoms with Crippen LogP contribution < -0.4 is 0 Å². The highest BCUT2D eigenvalue weighted by Crippen LogP contribution is 2.50. The molecule has 0 spiro atoms. The van der Waals surface area contributed by atoms with E-state index in [1.807, 2.05) is 6.92 Å². The topological polar surface area (TPSA) is 0 Å². The molecule has 0 aromatic carbocycles. The molecule has 0 heterocycles. The van der Waals surface area contributed by atoms with Gasteiger partial charge in [0.2, 0.25) is 0 Å². The van der Waals surface area contributed by atoms with Gasteiger partial charge in [0.15, 0.2) is 0 Å². The maximum absolute atomic E-state index is 12.7. The highest BCUT2D eigenvalue weighted by molar-refractivity contribution is 8.03. The molecule has 2 aliphatic carbocycles. The standard InChI is InChI=1S/C12H12F6S/c1-6-2-10(6)19-9-4-7(11(13,14)15)3-8(5-9)12(16,17)18/h3-4,6,8,10H,2,5H2,1H3. The lowest BCUT2D eigenvalue weighted by atomic mass is 9.95. The van der Waals surface area contributed by atoms with Crippen molar-refractivity contribution in [3.8, 4) is 0 Å². The van der Waals surface area contributed by atoms with Gasteiger partial charge in [-0.2, -0.15) is 26.3 Å². The van der Waals surface area contributed by atoms with E-state index < -0.39 is 23.8 Å². The fourth-order valence-electron chi connectivity index (χ4n) is 1.89. The molecule has 1 fully saturated rings. The molecule has 2 rings (SSSR count). The number of halogens is 6. The van der Waals surface area contributed by atoms with Crippen LogP contribution >= 0.6 is 11.8 Å². The summed E-state index contributed by atoms with van der Waals surface area (Å²) in [6.45, 7) is 1.93. The smallest absolute Gasteiger partial charge is 0.170 e. The minimum atomic E-state index is -4.73. The van der Waals surface area contributed by atoms with E-state index in [4.69, 9.17) is 0 Å². The Morgan fingerprint density at radius 3 is 2.16 bits per heavy atom. The van der Waals surface area contributed by atoms with Crippen LogP contribution in [0.25, 0.3) is 0 Å². The van der Waals surface area contributed by atoms with Crippen molar-refractivity contribution in [3.05, 3.63) is 22.6 Å². The van der Waals surface area contributed by atoms with Gasteiger partial charge in [-0.15, -0.1) is 11.8 Å². The van der Waals surface area contributed by atoms with Crippen molar-refractivity contribution in [1.82, 2.24) is 0 Å². The van der Waals surface area contributed by atoms with Crippen LogP contribution in [0.1, 0.15) is 19.8 Å². The first-order valence-electron chi connectivity index (χ1n) is 5.80. The number of allylic oxidation sites excluding steroid dienone is 4. The summed E-state index contributed by atoms with van der Waals surface area (Å²) in [6.07, 6.45) is -7.74. The van der Waals surface area contributed by atoms with E-state index in [1.165, 1.54) is 0 Å². The molecule has 0 aliphatic heterocycles. The largest absolute Gasteiger partial charge is 0.416 e. The van der Waals surface area contributed by atoms with Crippen LogP contribution in [0, 0.1) is 11.8 Å². The molecule has 7 heteroatoms. The van der Waals surface area contributed by atoms with Crippen LogP contribution in [0.4, 0.5) is 26.3 Å². The Morgan fingerprint density at radius 2 is 1.74 bits per heavy atom. The van der Waals surface area contributed by atoms with E-state index in [0.717, 1.165) is 24.3 Å². The Labute approximate surface area is 110 Å². The second-order valence-electron chi connectivity index (χ2n) is 4.95. The highest BCUT2D eigenvalue weighted by Gasteiger charge is 2.45. The van der Waals surface area contributed by atoms with Gasteiger partial charge in [0.25, 0.3) is 0 Å². The van der Waals surface area contributed by atoms with Crippen molar-refractivity contribution in [2.45, 2.75) is 37.4 Å². The van der Waals surface area contributed by atoms with Gasteiger partial charge in [-0.05, 0) is 29.7 Å². The summed E-state index contributed by atoms with van der Waals surface area (Å²) in [4.78, 5) is 0.187. The van der Waals surface area contributed by atoms with Gasteiger partial charge in [-0.25, -0.2) is 0 Å². The summed E-state index contributed by atoms with van der Waals surface area (Å²) in [5.74, 6) is -1.67. The normalized spacial score (nSPS) is 31.8. The van der Waals surface area contributed by atoms with E-state index in [9.17, 15) is 26.3 Å². The van der Waals surface area contributed by atoms with E-state index >= 15 is 0 Å². The van der Waals surface area contributed by atoms with Crippen LogP contribution in [0.3, 0.4) is 0 Å². The predicted octanol–water partition coefficient (Wildman–Crippen LogP) is 5.08. The van der Waals surface area contributed by atoms with Crippen LogP contribution in [-0.2, 0) is 0 Å². The van der Waals surface area contributed by atoms with Crippen molar-refractivity contribution < 1.29 is 26.3 Å². The molecule has 1 saturated carbocycles. The van der Waals surface area contributed by atoms with Crippen molar-refractivity contribution in [3.63, 3.8) is 0 Å². The Kier molecular flexibility index (Phi) is 3.70. The van der Waals surface area contributed by atoms with Crippen molar-refractivity contribution in [2.75, 3.05) is 0 Å².